The zero-order chi connectivity index (χ0) is 12.4. The van der Waals surface area contributed by atoms with Crippen molar-refractivity contribution in [2.75, 3.05) is 5.32 Å². The van der Waals surface area contributed by atoms with Crippen molar-refractivity contribution in [1.82, 2.24) is 9.97 Å². The summed E-state index contributed by atoms with van der Waals surface area (Å²) in [6.07, 6.45) is 0.444. The van der Waals surface area contributed by atoms with Crippen LogP contribution in [0.15, 0.2) is 18.2 Å². The number of aryl methyl sites for hydroxylation is 2. The first-order chi connectivity index (χ1) is 8.10. The number of aromatic nitrogens is 2. The van der Waals surface area contributed by atoms with Crippen LogP contribution in [0.2, 0.25) is 0 Å². The van der Waals surface area contributed by atoms with Gasteiger partial charge in [0, 0.05) is 17.5 Å². The summed E-state index contributed by atoms with van der Waals surface area (Å²) in [5.74, 6) is 0.517. The molecule has 88 valence electrons. The highest BCUT2D eigenvalue weighted by Crippen LogP contribution is 2.18. The molecule has 4 heteroatoms. The molecule has 2 aromatic rings. The second-order valence-corrected chi connectivity index (χ2v) is 4.05. The van der Waals surface area contributed by atoms with E-state index < -0.39 is 0 Å². The van der Waals surface area contributed by atoms with Gasteiger partial charge < -0.3 is 5.32 Å². The number of anilines is 1. The van der Waals surface area contributed by atoms with Crippen molar-refractivity contribution < 1.29 is 4.79 Å². The molecular formula is C13H15N3O. The highest BCUT2D eigenvalue weighted by Gasteiger charge is 2.05. The molecule has 0 unspecified atom stereocenters. The third-order valence-electron chi connectivity index (χ3n) is 2.60. The van der Waals surface area contributed by atoms with Gasteiger partial charge in [0.05, 0.1) is 0 Å². The second-order valence-electron chi connectivity index (χ2n) is 4.05. The fraction of sp³-hybridized carbons (Fsp3) is 0.308. The summed E-state index contributed by atoms with van der Waals surface area (Å²) in [5, 5.41) is 3.75. The van der Waals surface area contributed by atoms with Crippen LogP contribution in [0.3, 0.4) is 0 Å². The lowest BCUT2D eigenvalue weighted by Gasteiger charge is -2.06. The maximum Gasteiger partial charge on any atom is 0.225 e. The molecule has 0 saturated carbocycles. The third kappa shape index (κ3) is 2.41. The van der Waals surface area contributed by atoms with Gasteiger partial charge in [-0.2, -0.15) is 0 Å². The highest BCUT2D eigenvalue weighted by molar-refractivity contribution is 5.91. The maximum atomic E-state index is 11.3. The van der Waals surface area contributed by atoms with E-state index in [2.05, 4.69) is 15.3 Å². The number of fused-ring (bicyclic) bond motifs is 1. The van der Waals surface area contributed by atoms with Gasteiger partial charge in [0.15, 0.2) is 5.65 Å². The molecule has 1 amide bonds. The molecule has 0 bridgehead atoms. The zero-order valence-corrected chi connectivity index (χ0v) is 10.2. The van der Waals surface area contributed by atoms with Gasteiger partial charge in [0.2, 0.25) is 5.91 Å². The fourth-order valence-corrected chi connectivity index (χ4v) is 1.73. The molecule has 0 radical (unpaired) electrons. The average Bonchev–Trinajstić information content (AvgIpc) is 2.28. The molecule has 0 aliphatic rings. The van der Waals surface area contributed by atoms with Crippen molar-refractivity contribution in [1.29, 1.82) is 0 Å². The van der Waals surface area contributed by atoms with Gasteiger partial charge in [-0.25, -0.2) is 9.97 Å². The van der Waals surface area contributed by atoms with Crippen molar-refractivity contribution in [2.24, 2.45) is 0 Å². The molecule has 0 spiro atoms. The molecule has 0 aliphatic heterocycles. The van der Waals surface area contributed by atoms with Crippen molar-refractivity contribution in [3.8, 4) is 0 Å². The normalized spacial score (nSPS) is 10.5. The Balaban J connectivity index is 2.46. The van der Waals surface area contributed by atoms with Crippen LogP contribution in [-0.2, 0) is 4.79 Å². The lowest BCUT2D eigenvalue weighted by atomic mass is 10.1. The smallest absolute Gasteiger partial charge is 0.225 e. The number of nitrogens with one attached hydrogen (secondary N) is 1. The lowest BCUT2D eigenvalue weighted by Crippen LogP contribution is -2.10. The van der Waals surface area contributed by atoms with Gasteiger partial charge in [-0.1, -0.05) is 6.92 Å². The number of nitrogens with zero attached hydrogens (tertiary/aromatic N) is 2. The predicted octanol–water partition coefficient (Wildman–Crippen LogP) is 2.60. The first-order valence-corrected chi connectivity index (χ1v) is 5.65. The molecule has 2 aromatic heterocycles. The quantitative estimate of drug-likeness (QED) is 0.861. The van der Waals surface area contributed by atoms with E-state index >= 15 is 0 Å². The van der Waals surface area contributed by atoms with E-state index in [9.17, 15) is 4.79 Å². The Hall–Kier alpha value is -1.97. The molecule has 0 fully saturated rings. The van der Waals surface area contributed by atoms with Crippen LogP contribution >= 0.6 is 0 Å². The van der Waals surface area contributed by atoms with Crippen LogP contribution < -0.4 is 5.32 Å². The zero-order valence-electron chi connectivity index (χ0n) is 10.2. The Morgan fingerprint density at radius 3 is 2.76 bits per heavy atom. The molecule has 0 saturated heterocycles. The molecule has 2 heterocycles. The van der Waals surface area contributed by atoms with Crippen LogP contribution in [0, 0.1) is 13.8 Å². The number of pyridine rings is 2. The van der Waals surface area contributed by atoms with E-state index in [4.69, 9.17) is 0 Å². The van der Waals surface area contributed by atoms with Crippen molar-refractivity contribution >= 4 is 22.8 Å². The Kier molecular flexibility index (Phi) is 3.04. The maximum absolute atomic E-state index is 11.3. The van der Waals surface area contributed by atoms with Gasteiger partial charge in [-0.15, -0.1) is 0 Å². The molecule has 1 N–H and O–H groups in total. The fourth-order valence-electron chi connectivity index (χ4n) is 1.73. The van der Waals surface area contributed by atoms with Gasteiger partial charge in [-0.05, 0) is 37.6 Å². The summed E-state index contributed by atoms with van der Waals surface area (Å²) in [6.45, 7) is 5.78. The first kappa shape index (κ1) is 11.5. The molecule has 17 heavy (non-hydrogen) atoms. The van der Waals surface area contributed by atoms with E-state index in [1.165, 1.54) is 0 Å². The third-order valence-corrected chi connectivity index (χ3v) is 2.60. The summed E-state index contributed by atoms with van der Waals surface area (Å²) in [7, 11) is 0. The monoisotopic (exact) mass is 229 g/mol. The van der Waals surface area contributed by atoms with Gasteiger partial charge in [0.1, 0.15) is 5.82 Å². The van der Waals surface area contributed by atoms with E-state index in [1.807, 2.05) is 32.9 Å². The molecule has 0 atom stereocenters. The van der Waals surface area contributed by atoms with E-state index in [-0.39, 0.29) is 5.91 Å². The number of carbonyl (C=O) groups is 1. The number of rotatable bonds is 2. The Morgan fingerprint density at radius 2 is 2.06 bits per heavy atom. The Labute approximate surface area is 100 Å². The average molecular weight is 229 g/mol. The van der Waals surface area contributed by atoms with Crippen LogP contribution in [0.4, 0.5) is 5.82 Å². The summed E-state index contributed by atoms with van der Waals surface area (Å²) < 4.78 is 0. The van der Waals surface area contributed by atoms with Crippen LogP contribution in [0.25, 0.3) is 11.0 Å². The summed E-state index contributed by atoms with van der Waals surface area (Å²) in [5.41, 5.74) is 2.76. The van der Waals surface area contributed by atoms with E-state index in [1.54, 1.807) is 6.07 Å². The molecule has 4 nitrogen and oxygen atoms in total. The minimum absolute atomic E-state index is 0.0405. The Bertz CT molecular complexity index is 578. The molecular weight excluding hydrogens is 214 g/mol. The number of carbonyl (C=O) groups excluding carboxylic acids is 1. The van der Waals surface area contributed by atoms with Crippen molar-refractivity contribution in [3.63, 3.8) is 0 Å². The first-order valence-electron chi connectivity index (χ1n) is 5.65. The molecule has 0 aromatic carbocycles. The van der Waals surface area contributed by atoms with E-state index in [0.717, 1.165) is 16.6 Å². The molecule has 0 aliphatic carbocycles. The number of hydrogen-bond donors (Lipinski definition) is 1. The highest BCUT2D eigenvalue weighted by atomic mass is 16.1. The van der Waals surface area contributed by atoms with Gasteiger partial charge in [0.25, 0.3) is 0 Å². The Morgan fingerprint density at radius 1 is 1.29 bits per heavy atom. The lowest BCUT2D eigenvalue weighted by molar-refractivity contribution is -0.115. The number of hydrogen-bond acceptors (Lipinski definition) is 3. The van der Waals surface area contributed by atoms with Crippen LogP contribution in [0.1, 0.15) is 24.6 Å². The van der Waals surface area contributed by atoms with Crippen LogP contribution in [0.5, 0.6) is 0 Å². The topological polar surface area (TPSA) is 54.9 Å². The van der Waals surface area contributed by atoms with Gasteiger partial charge >= 0.3 is 0 Å². The van der Waals surface area contributed by atoms with Gasteiger partial charge in [-0.3, -0.25) is 4.79 Å². The summed E-state index contributed by atoms with van der Waals surface area (Å²) in [6, 6.07) is 5.77. The predicted molar refractivity (Wildman–Crippen MR) is 67.9 cm³/mol. The molecule has 2 rings (SSSR count). The summed E-state index contributed by atoms with van der Waals surface area (Å²) in [4.78, 5) is 20.0. The van der Waals surface area contributed by atoms with E-state index in [0.29, 0.717) is 17.9 Å². The minimum Gasteiger partial charge on any atom is -0.311 e. The second kappa shape index (κ2) is 4.49. The minimum atomic E-state index is -0.0405. The SMILES string of the molecule is CCC(=O)Nc1ccc2c(C)cc(C)nc2n1. The van der Waals surface area contributed by atoms with Crippen molar-refractivity contribution in [2.45, 2.75) is 27.2 Å². The largest absolute Gasteiger partial charge is 0.311 e. The number of amides is 1. The van der Waals surface area contributed by atoms with Crippen molar-refractivity contribution in [3.05, 3.63) is 29.5 Å². The van der Waals surface area contributed by atoms with Crippen LogP contribution in [-0.4, -0.2) is 15.9 Å². The standard InChI is InChI=1S/C13H15N3O/c1-4-12(17)15-11-6-5-10-8(2)7-9(3)14-13(10)16-11/h5-7H,4H2,1-3H3,(H,14,15,16,17). The summed E-state index contributed by atoms with van der Waals surface area (Å²) >= 11 is 0.